The summed E-state index contributed by atoms with van der Waals surface area (Å²) in [5.74, 6) is -0.350. The Balaban J connectivity index is 1.83. The van der Waals surface area contributed by atoms with Gasteiger partial charge < -0.3 is 5.32 Å². The van der Waals surface area contributed by atoms with Crippen molar-refractivity contribution >= 4 is 23.4 Å². The van der Waals surface area contributed by atoms with Crippen LogP contribution < -0.4 is 5.32 Å². The molecule has 0 aromatic heterocycles. The van der Waals surface area contributed by atoms with Gasteiger partial charge in [0, 0.05) is 31.5 Å². The van der Waals surface area contributed by atoms with Crippen molar-refractivity contribution in [3.8, 4) is 0 Å². The molecule has 0 bridgehead atoms. The van der Waals surface area contributed by atoms with Gasteiger partial charge in [0.2, 0.25) is 17.7 Å². The van der Waals surface area contributed by atoms with Crippen molar-refractivity contribution in [2.24, 2.45) is 0 Å². The second kappa shape index (κ2) is 6.52. The molecule has 5 nitrogen and oxygen atoms in total. The fourth-order valence-electron chi connectivity index (χ4n) is 2.48. The minimum atomic E-state index is -0.129. The van der Waals surface area contributed by atoms with Crippen LogP contribution in [0.2, 0.25) is 0 Å². The maximum absolute atomic E-state index is 12.0. The summed E-state index contributed by atoms with van der Waals surface area (Å²) >= 11 is 0. The summed E-state index contributed by atoms with van der Waals surface area (Å²) in [6.07, 6.45) is 1.39. The van der Waals surface area contributed by atoms with Crippen molar-refractivity contribution < 1.29 is 14.4 Å². The fraction of sp³-hybridized carbons (Fsp3) is 0.438. The third-order valence-corrected chi connectivity index (χ3v) is 3.69. The first-order chi connectivity index (χ1) is 9.99. The maximum Gasteiger partial charge on any atom is 0.229 e. The first-order valence-electron chi connectivity index (χ1n) is 7.18. The Hall–Kier alpha value is -2.17. The molecule has 1 N–H and O–H groups in total. The molecule has 5 heteroatoms. The number of nitrogens with zero attached hydrogens (tertiary/aromatic N) is 1. The van der Waals surface area contributed by atoms with Gasteiger partial charge >= 0.3 is 0 Å². The molecule has 0 unspecified atom stereocenters. The van der Waals surface area contributed by atoms with Gasteiger partial charge in [-0.15, -0.1) is 0 Å². The zero-order valence-electron chi connectivity index (χ0n) is 12.4. The number of aryl methyl sites for hydroxylation is 2. The van der Waals surface area contributed by atoms with Gasteiger partial charge in [0.15, 0.2) is 0 Å². The smallest absolute Gasteiger partial charge is 0.229 e. The monoisotopic (exact) mass is 288 g/mol. The first-order valence-corrected chi connectivity index (χ1v) is 7.18. The Morgan fingerprint density at radius 1 is 1.14 bits per heavy atom. The summed E-state index contributed by atoms with van der Waals surface area (Å²) in [6, 6.07) is 5.85. The van der Waals surface area contributed by atoms with Gasteiger partial charge in [-0.05, 0) is 31.4 Å². The van der Waals surface area contributed by atoms with Crippen molar-refractivity contribution in [3.05, 3.63) is 29.3 Å². The number of likely N-dealkylation sites (tertiary alicyclic amines) is 1. The number of benzene rings is 1. The average Bonchev–Trinajstić information content (AvgIpc) is 2.75. The molecule has 0 atom stereocenters. The van der Waals surface area contributed by atoms with Crippen molar-refractivity contribution in [2.45, 2.75) is 39.5 Å². The number of anilines is 1. The van der Waals surface area contributed by atoms with Crippen LogP contribution in [-0.2, 0) is 14.4 Å². The van der Waals surface area contributed by atoms with E-state index in [9.17, 15) is 14.4 Å². The van der Waals surface area contributed by atoms with Crippen molar-refractivity contribution in [1.82, 2.24) is 4.90 Å². The molecule has 1 aromatic carbocycles. The summed E-state index contributed by atoms with van der Waals surface area (Å²) in [7, 11) is 0. The van der Waals surface area contributed by atoms with Crippen LogP contribution in [0.25, 0.3) is 0 Å². The van der Waals surface area contributed by atoms with Gasteiger partial charge in [-0.3, -0.25) is 19.3 Å². The predicted molar refractivity (Wildman–Crippen MR) is 79.7 cm³/mol. The Morgan fingerprint density at radius 2 is 1.71 bits per heavy atom. The number of rotatable bonds is 5. The fourth-order valence-corrected chi connectivity index (χ4v) is 2.48. The van der Waals surface area contributed by atoms with Gasteiger partial charge in [-0.1, -0.05) is 18.2 Å². The summed E-state index contributed by atoms with van der Waals surface area (Å²) in [5, 5.41) is 2.90. The molecule has 112 valence electrons. The first kappa shape index (κ1) is 15.2. The van der Waals surface area contributed by atoms with Gasteiger partial charge in [0.25, 0.3) is 0 Å². The lowest BCUT2D eigenvalue weighted by Crippen LogP contribution is -2.30. The summed E-state index contributed by atoms with van der Waals surface area (Å²) in [6.45, 7) is 4.23. The van der Waals surface area contributed by atoms with E-state index in [-0.39, 0.29) is 17.7 Å². The van der Waals surface area contributed by atoms with E-state index in [0.717, 1.165) is 16.8 Å². The second-order valence-electron chi connectivity index (χ2n) is 5.36. The van der Waals surface area contributed by atoms with E-state index in [1.807, 2.05) is 32.0 Å². The number of imide groups is 1. The lowest BCUT2D eigenvalue weighted by atomic mass is 10.1. The lowest BCUT2D eigenvalue weighted by molar-refractivity contribution is -0.138. The third-order valence-electron chi connectivity index (χ3n) is 3.69. The number of nitrogens with one attached hydrogen (secondary N) is 1. The van der Waals surface area contributed by atoms with E-state index >= 15 is 0 Å². The summed E-state index contributed by atoms with van der Waals surface area (Å²) in [4.78, 5) is 36.1. The summed E-state index contributed by atoms with van der Waals surface area (Å²) in [5.41, 5.74) is 2.89. The minimum Gasteiger partial charge on any atom is -0.326 e. The Bertz CT molecular complexity index is 545. The van der Waals surface area contributed by atoms with E-state index in [1.165, 1.54) is 4.90 Å². The highest BCUT2D eigenvalue weighted by atomic mass is 16.2. The average molecular weight is 288 g/mol. The van der Waals surface area contributed by atoms with Crippen molar-refractivity contribution in [1.29, 1.82) is 0 Å². The molecule has 1 aromatic rings. The molecular weight excluding hydrogens is 268 g/mol. The maximum atomic E-state index is 12.0. The molecule has 0 radical (unpaired) electrons. The highest BCUT2D eigenvalue weighted by Crippen LogP contribution is 2.20. The topological polar surface area (TPSA) is 66.5 Å². The van der Waals surface area contributed by atoms with Crippen molar-refractivity contribution in [3.63, 3.8) is 0 Å². The molecule has 1 saturated heterocycles. The van der Waals surface area contributed by atoms with Crippen LogP contribution in [0.3, 0.4) is 0 Å². The number of para-hydroxylation sites is 1. The molecule has 3 amide bonds. The molecule has 0 saturated carbocycles. The molecule has 0 aliphatic carbocycles. The molecular formula is C16H20N2O3. The van der Waals surface area contributed by atoms with Gasteiger partial charge in [0.1, 0.15) is 0 Å². The van der Waals surface area contributed by atoms with Crippen LogP contribution >= 0.6 is 0 Å². The van der Waals surface area contributed by atoms with Crippen LogP contribution in [0.5, 0.6) is 0 Å². The Kier molecular flexibility index (Phi) is 4.73. The second-order valence-corrected chi connectivity index (χ2v) is 5.36. The van der Waals surface area contributed by atoms with Crippen LogP contribution in [0.1, 0.15) is 36.8 Å². The Morgan fingerprint density at radius 3 is 2.29 bits per heavy atom. The van der Waals surface area contributed by atoms with E-state index in [4.69, 9.17) is 0 Å². The van der Waals surface area contributed by atoms with Gasteiger partial charge in [-0.2, -0.15) is 0 Å². The normalized spacial score (nSPS) is 14.7. The largest absolute Gasteiger partial charge is 0.326 e. The zero-order chi connectivity index (χ0) is 15.4. The standard InChI is InChI=1S/C16H20N2O3/c1-11-5-3-6-12(2)16(11)17-13(19)7-4-10-18-14(20)8-9-15(18)21/h3,5-6H,4,7-10H2,1-2H3,(H,17,19). The van der Waals surface area contributed by atoms with Gasteiger partial charge in [0.05, 0.1) is 0 Å². The van der Waals surface area contributed by atoms with E-state index in [2.05, 4.69) is 5.32 Å². The van der Waals surface area contributed by atoms with Crippen LogP contribution in [0.15, 0.2) is 18.2 Å². The minimum absolute atomic E-state index is 0.0912. The van der Waals surface area contributed by atoms with E-state index in [1.54, 1.807) is 0 Å². The van der Waals surface area contributed by atoms with Crippen LogP contribution in [-0.4, -0.2) is 29.2 Å². The number of hydrogen-bond donors (Lipinski definition) is 1. The van der Waals surface area contributed by atoms with E-state index in [0.29, 0.717) is 32.2 Å². The SMILES string of the molecule is Cc1cccc(C)c1NC(=O)CCCN1C(=O)CCC1=O. The number of hydrogen-bond acceptors (Lipinski definition) is 3. The highest BCUT2D eigenvalue weighted by molar-refractivity contribution is 6.02. The molecule has 1 fully saturated rings. The highest BCUT2D eigenvalue weighted by Gasteiger charge is 2.28. The molecule has 1 aliphatic heterocycles. The molecule has 0 spiro atoms. The third kappa shape index (κ3) is 3.68. The molecule has 2 rings (SSSR count). The summed E-state index contributed by atoms with van der Waals surface area (Å²) < 4.78 is 0. The number of carbonyl (C=O) groups is 3. The van der Waals surface area contributed by atoms with Crippen molar-refractivity contribution in [2.75, 3.05) is 11.9 Å². The Labute approximate surface area is 124 Å². The van der Waals surface area contributed by atoms with E-state index < -0.39 is 0 Å². The van der Waals surface area contributed by atoms with Gasteiger partial charge in [-0.25, -0.2) is 0 Å². The number of amides is 3. The van der Waals surface area contributed by atoms with Crippen LogP contribution in [0, 0.1) is 13.8 Å². The molecule has 1 heterocycles. The quantitative estimate of drug-likeness (QED) is 0.844. The number of carbonyl (C=O) groups excluding carboxylic acids is 3. The molecule has 21 heavy (non-hydrogen) atoms. The lowest BCUT2D eigenvalue weighted by Gasteiger charge is -2.14. The van der Waals surface area contributed by atoms with Crippen LogP contribution in [0.4, 0.5) is 5.69 Å². The predicted octanol–water partition coefficient (Wildman–Crippen LogP) is 2.17. The molecule has 1 aliphatic rings. The zero-order valence-corrected chi connectivity index (χ0v) is 12.4.